The average Bonchev–Trinajstić information content (AvgIpc) is 2.67. The van der Waals surface area contributed by atoms with Gasteiger partial charge in [0.15, 0.2) is 0 Å². The molecule has 0 fully saturated rings. The standard InChI is InChI=1S/C21H18FN3O2/c1-14-5-2-3-6-16(14)13-24-20(26)15-9-10-23-19(11-15)21(27)25-18-8-4-7-17(22)12-18/h2-12H,13H2,1H3,(H,24,26)(H,25,27). The van der Waals surface area contributed by atoms with Crippen molar-refractivity contribution >= 4 is 17.5 Å². The normalized spacial score (nSPS) is 10.3. The van der Waals surface area contributed by atoms with Crippen LogP contribution in [0.5, 0.6) is 0 Å². The van der Waals surface area contributed by atoms with Crippen LogP contribution in [0.1, 0.15) is 32.0 Å². The molecule has 3 rings (SSSR count). The summed E-state index contributed by atoms with van der Waals surface area (Å²) in [5, 5.41) is 5.39. The van der Waals surface area contributed by atoms with Gasteiger partial charge in [-0.2, -0.15) is 0 Å². The maximum absolute atomic E-state index is 13.2. The highest BCUT2D eigenvalue weighted by Gasteiger charge is 2.12. The van der Waals surface area contributed by atoms with E-state index in [1.165, 1.54) is 36.5 Å². The molecule has 0 saturated carbocycles. The summed E-state index contributed by atoms with van der Waals surface area (Å²) in [6.07, 6.45) is 1.39. The second-order valence-electron chi connectivity index (χ2n) is 6.00. The Balaban J connectivity index is 1.68. The first-order valence-corrected chi connectivity index (χ1v) is 8.38. The molecule has 0 unspecified atom stereocenters. The summed E-state index contributed by atoms with van der Waals surface area (Å²) in [5.74, 6) is -1.28. The van der Waals surface area contributed by atoms with Crippen molar-refractivity contribution in [1.29, 1.82) is 0 Å². The molecule has 0 radical (unpaired) electrons. The van der Waals surface area contributed by atoms with Crippen molar-refractivity contribution in [1.82, 2.24) is 10.3 Å². The van der Waals surface area contributed by atoms with E-state index in [4.69, 9.17) is 0 Å². The van der Waals surface area contributed by atoms with Crippen molar-refractivity contribution in [3.63, 3.8) is 0 Å². The molecule has 0 aliphatic heterocycles. The van der Waals surface area contributed by atoms with Crippen LogP contribution in [-0.2, 0) is 6.54 Å². The third kappa shape index (κ3) is 4.76. The van der Waals surface area contributed by atoms with Crippen LogP contribution in [0.25, 0.3) is 0 Å². The second-order valence-corrected chi connectivity index (χ2v) is 6.00. The highest BCUT2D eigenvalue weighted by Crippen LogP contribution is 2.12. The third-order valence-electron chi connectivity index (χ3n) is 4.04. The first-order valence-electron chi connectivity index (χ1n) is 8.38. The Morgan fingerprint density at radius 3 is 2.59 bits per heavy atom. The van der Waals surface area contributed by atoms with Crippen LogP contribution in [0.4, 0.5) is 10.1 Å². The summed E-state index contributed by atoms with van der Waals surface area (Å²) in [6, 6.07) is 16.3. The van der Waals surface area contributed by atoms with Gasteiger partial charge in [0.25, 0.3) is 11.8 Å². The van der Waals surface area contributed by atoms with E-state index in [9.17, 15) is 14.0 Å². The van der Waals surface area contributed by atoms with E-state index in [2.05, 4.69) is 15.6 Å². The van der Waals surface area contributed by atoms with Crippen molar-refractivity contribution in [3.05, 3.63) is 95.1 Å². The van der Waals surface area contributed by atoms with Gasteiger partial charge < -0.3 is 10.6 Å². The molecule has 0 aliphatic rings. The number of amides is 2. The zero-order valence-corrected chi connectivity index (χ0v) is 14.7. The highest BCUT2D eigenvalue weighted by molar-refractivity contribution is 6.04. The van der Waals surface area contributed by atoms with Gasteiger partial charge in [-0.25, -0.2) is 4.39 Å². The lowest BCUT2D eigenvalue weighted by atomic mass is 10.1. The summed E-state index contributed by atoms with van der Waals surface area (Å²) < 4.78 is 13.2. The molecule has 2 N–H and O–H groups in total. The van der Waals surface area contributed by atoms with Crippen molar-refractivity contribution in [2.24, 2.45) is 0 Å². The molecule has 0 spiro atoms. The summed E-state index contributed by atoms with van der Waals surface area (Å²) in [4.78, 5) is 28.7. The molecule has 27 heavy (non-hydrogen) atoms. The summed E-state index contributed by atoms with van der Waals surface area (Å²) in [6.45, 7) is 2.36. The number of hydrogen-bond acceptors (Lipinski definition) is 3. The SMILES string of the molecule is Cc1ccccc1CNC(=O)c1ccnc(C(=O)Nc2cccc(F)c2)c1. The van der Waals surface area contributed by atoms with Crippen LogP contribution in [0.2, 0.25) is 0 Å². The Morgan fingerprint density at radius 1 is 1.00 bits per heavy atom. The number of nitrogens with zero attached hydrogens (tertiary/aromatic N) is 1. The van der Waals surface area contributed by atoms with Gasteiger partial charge in [0, 0.05) is 24.0 Å². The number of carbonyl (C=O) groups excluding carboxylic acids is 2. The fourth-order valence-corrected chi connectivity index (χ4v) is 2.54. The molecule has 6 heteroatoms. The predicted molar refractivity (Wildman–Crippen MR) is 101 cm³/mol. The average molecular weight is 363 g/mol. The number of halogens is 1. The Hall–Kier alpha value is -3.54. The van der Waals surface area contributed by atoms with Crippen molar-refractivity contribution in [2.45, 2.75) is 13.5 Å². The predicted octanol–water partition coefficient (Wildman–Crippen LogP) is 3.71. The van der Waals surface area contributed by atoms with E-state index < -0.39 is 11.7 Å². The number of benzene rings is 2. The van der Waals surface area contributed by atoms with Crippen molar-refractivity contribution < 1.29 is 14.0 Å². The fourth-order valence-electron chi connectivity index (χ4n) is 2.54. The molecule has 0 bridgehead atoms. The van der Waals surface area contributed by atoms with E-state index >= 15 is 0 Å². The Labute approximate surface area is 156 Å². The Bertz CT molecular complexity index is 988. The van der Waals surface area contributed by atoms with Crippen LogP contribution < -0.4 is 10.6 Å². The smallest absolute Gasteiger partial charge is 0.274 e. The molecular formula is C21H18FN3O2. The molecular weight excluding hydrogens is 345 g/mol. The maximum Gasteiger partial charge on any atom is 0.274 e. The number of aromatic nitrogens is 1. The lowest BCUT2D eigenvalue weighted by molar-refractivity contribution is 0.0950. The minimum Gasteiger partial charge on any atom is -0.348 e. The lowest BCUT2D eigenvalue weighted by Gasteiger charge is -2.09. The van der Waals surface area contributed by atoms with Gasteiger partial charge in [0.2, 0.25) is 0 Å². The summed E-state index contributed by atoms with van der Waals surface area (Å²) in [7, 11) is 0. The zero-order valence-electron chi connectivity index (χ0n) is 14.7. The topological polar surface area (TPSA) is 71.1 Å². The molecule has 2 amide bonds. The summed E-state index contributed by atoms with van der Waals surface area (Å²) >= 11 is 0. The first kappa shape index (κ1) is 18.3. The molecule has 0 saturated heterocycles. The van der Waals surface area contributed by atoms with Crippen LogP contribution >= 0.6 is 0 Å². The van der Waals surface area contributed by atoms with Gasteiger partial charge in [-0.15, -0.1) is 0 Å². The van der Waals surface area contributed by atoms with E-state index in [0.29, 0.717) is 17.8 Å². The van der Waals surface area contributed by atoms with Gasteiger partial charge in [-0.1, -0.05) is 30.3 Å². The number of rotatable bonds is 5. The molecule has 0 aliphatic carbocycles. The molecule has 1 aromatic heterocycles. The second kappa shape index (κ2) is 8.23. The molecule has 2 aromatic carbocycles. The number of pyridine rings is 1. The van der Waals surface area contributed by atoms with Gasteiger partial charge in [0.05, 0.1) is 0 Å². The summed E-state index contributed by atoms with van der Waals surface area (Å²) in [5.41, 5.74) is 2.81. The lowest BCUT2D eigenvalue weighted by Crippen LogP contribution is -2.24. The van der Waals surface area contributed by atoms with E-state index in [-0.39, 0.29) is 11.6 Å². The van der Waals surface area contributed by atoms with Crippen LogP contribution in [-0.4, -0.2) is 16.8 Å². The van der Waals surface area contributed by atoms with Crippen LogP contribution in [0, 0.1) is 12.7 Å². The van der Waals surface area contributed by atoms with E-state index in [0.717, 1.165) is 11.1 Å². The molecule has 0 atom stereocenters. The van der Waals surface area contributed by atoms with Crippen molar-refractivity contribution in [2.75, 3.05) is 5.32 Å². The maximum atomic E-state index is 13.2. The van der Waals surface area contributed by atoms with E-state index in [1.54, 1.807) is 6.07 Å². The highest BCUT2D eigenvalue weighted by atomic mass is 19.1. The molecule has 3 aromatic rings. The number of aryl methyl sites for hydroxylation is 1. The monoisotopic (exact) mass is 363 g/mol. The quantitative estimate of drug-likeness (QED) is 0.726. The van der Waals surface area contributed by atoms with Gasteiger partial charge in [0.1, 0.15) is 11.5 Å². The largest absolute Gasteiger partial charge is 0.348 e. The van der Waals surface area contributed by atoms with Gasteiger partial charge >= 0.3 is 0 Å². The fraction of sp³-hybridized carbons (Fsp3) is 0.0952. The first-order chi connectivity index (χ1) is 13.0. The molecule has 1 heterocycles. The van der Waals surface area contributed by atoms with Crippen molar-refractivity contribution in [3.8, 4) is 0 Å². The Morgan fingerprint density at radius 2 is 1.81 bits per heavy atom. The van der Waals surface area contributed by atoms with Gasteiger partial charge in [-0.05, 0) is 48.4 Å². The number of nitrogens with one attached hydrogen (secondary N) is 2. The Kier molecular flexibility index (Phi) is 5.56. The van der Waals surface area contributed by atoms with Crippen LogP contribution in [0.3, 0.4) is 0 Å². The molecule has 5 nitrogen and oxygen atoms in total. The van der Waals surface area contributed by atoms with Gasteiger partial charge in [-0.3, -0.25) is 14.6 Å². The minimum absolute atomic E-state index is 0.0720. The minimum atomic E-state index is -0.519. The van der Waals surface area contributed by atoms with Crippen LogP contribution in [0.15, 0.2) is 66.9 Å². The zero-order chi connectivity index (χ0) is 19.2. The number of carbonyl (C=O) groups is 2. The number of hydrogen-bond donors (Lipinski definition) is 2. The van der Waals surface area contributed by atoms with E-state index in [1.807, 2.05) is 31.2 Å². The third-order valence-corrected chi connectivity index (χ3v) is 4.04. The molecule has 136 valence electrons. The number of anilines is 1.